The van der Waals surface area contributed by atoms with Gasteiger partial charge in [-0.25, -0.2) is 0 Å². The summed E-state index contributed by atoms with van der Waals surface area (Å²) in [6.45, 7) is 10.5. The summed E-state index contributed by atoms with van der Waals surface area (Å²) in [6, 6.07) is 0. The summed E-state index contributed by atoms with van der Waals surface area (Å²) in [5, 5.41) is 0. The van der Waals surface area contributed by atoms with Crippen molar-refractivity contribution in [2.75, 3.05) is 0 Å². The van der Waals surface area contributed by atoms with Crippen molar-refractivity contribution in [1.29, 1.82) is 0 Å². The van der Waals surface area contributed by atoms with E-state index in [2.05, 4.69) is 45.1 Å². The van der Waals surface area contributed by atoms with E-state index in [1.165, 1.54) is 25.0 Å². The van der Waals surface area contributed by atoms with Crippen LogP contribution in [0.1, 0.15) is 73.1 Å². The van der Waals surface area contributed by atoms with Gasteiger partial charge in [-0.1, -0.05) is 53.2 Å². The zero-order chi connectivity index (χ0) is 14.5. The smallest absolute Gasteiger partial charge is 0.104 e. The highest BCUT2D eigenvalue weighted by Gasteiger charge is 2.13. The second-order valence-corrected chi connectivity index (χ2v) is 4.97. The Morgan fingerprint density at radius 3 is 2.37 bits per heavy atom. The molecule has 0 N–H and O–H groups in total. The van der Waals surface area contributed by atoms with Crippen LogP contribution in [0.3, 0.4) is 0 Å². The fraction of sp³-hybridized carbons (Fsp3) is 0.667. The van der Waals surface area contributed by atoms with E-state index in [-0.39, 0.29) is 0 Å². The van der Waals surface area contributed by atoms with Crippen LogP contribution in [0.4, 0.5) is 0 Å². The SMILES string of the molecule is CC.CC1CCC=C(OC2=CC=CCC2)C1.CCC. The largest absolute Gasteiger partial charge is 0.466 e. The quantitative estimate of drug-likeness (QED) is 0.562. The van der Waals surface area contributed by atoms with E-state index < -0.39 is 0 Å². The second kappa shape index (κ2) is 12.1. The summed E-state index contributed by atoms with van der Waals surface area (Å²) < 4.78 is 5.87. The Hall–Kier alpha value is -0.980. The highest BCUT2D eigenvalue weighted by molar-refractivity contribution is 5.15. The molecule has 0 spiro atoms. The molecule has 2 aliphatic carbocycles. The molecule has 1 unspecified atom stereocenters. The zero-order valence-electron chi connectivity index (χ0n) is 13.5. The first kappa shape index (κ1) is 18.0. The van der Waals surface area contributed by atoms with E-state index in [1.54, 1.807) is 0 Å². The van der Waals surface area contributed by atoms with Gasteiger partial charge in [-0.3, -0.25) is 0 Å². The molecule has 0 aromatic heterocycles. The molecule has 1 atom stereocenters. The summed E-state index contributed by atoms with van der Waals surface area (Å²) in [4.78, 5) is 0. The predicted octanol–water partition coefficient (Wildman–Crippen LogP) is 6.38. The molecule has 1 nitrogen and oxygen atoms in total. The van der Waals surface area contributed by atoms with Crippen molar-refractivity contribution in [2.24, 2.45) is 5.92 Å². The topological polar surface area (TPSA) is 9.23 Å². The zero-order valence-corrected chi connectivity index (χ0v) is 13.5. The molecule has 0 aliphatic heterocycles. The fourth-order valence-electron chi connectivity index (χ4n) is 1.97. The molecule has 0 radical (unpaired) electrons. The Kier molecular flexibility index (Phi) is 11.5. The van der Waals surface area contributed by atoms with Crippen molar-refractivity contribution in [2.45, 2.75) is 73.1 Å². The first-order chi connectivity index (χ1) is 9.26. The van der Waals surface area contributed by atoms with Crippen molar-refractivity contribution in [3.05, 3.63) is 35.8 Å². The molecule has 2 aliphatic rings. The number of allylic oxidation sites excluding steroid dienone is 6. The molecule has 0 bridgehead atoms. The molecule has 0 saturated heterocycles. The number of hydrogen-bond donors (Lipinski definition) is 0. The average Bonchev–Trinajstić information content (AvgIpc) is 2.43. The van der Waals surface area contributed by atoms with Crippen molar-refractivity contribution in [3.8, 4) is 0 Å². The minimum Gasteiger partial charge on any atom is -0.466 e. The van der Waals surface area contributed by atoms with E-state index in [9.17, 15) is 0 Å². The first-order valence-corrected chi connectivity index (χ1v) is 7.98. The van der Waals surface area contributed by atoms with Gasteiger partial charge in [0.1, 0.15) is 5.76 Å². The molecule has 19 heavy (non-hydrogen) atoms. The van der Waals surface area contributed by atoms with Gasteiger partial charge in [0.05, 0.1) is 5.76 Å². The van der Waals surface area contributed by atoms with Crippen LogP contribution in [-0.2, 0) is 4.74 Å². The van der Waals surface area contributed by atoms with Crippen LogP contribution in [-0.4, -0.2) is 0 Å². The fourth-order valence-corrected chi connectivity index (χ4v) is 1.97. The van der Waals surface area contributed by atoms with E-state index in [1.807, 2.05) is 13.8 Å². The average molecular weight is 264 g/mol. The van der Waals surface area contributed by atoms with Crippen molar-refractivity contribution >= 4 is 0 Å². The third-order valence-electron chi connectivity index (χ3n) is 2.82. The van der Waals surface area contributed by atoms with Gasteiger partial charge < -0.3 is 4.74 Å². The van der Waals surface area contributed by atoms with Gasteiger partial charge in [0.15, 0.2) is 0 Å². The lowest BCUT2D eigenvalue weighted by atomic mass is 9.95. The van der Waals surface area contributed by atoms with E-state index in [4.69, 9.17) is 4.74 Å². The van der Waals surface area contributed by atoms with Gasteiger partial charge >= 0.3 is 0 Å². The molecule has 0 fully saturated rings. The third-order valence-corrected chi connectivity index (χ3v) is 2.82. The van der Waals surface area contributed by atoms with Crippen molar-refractivity contribution < 1.29 is 4.74 Å². The monoisotopic (exact) mass is 264 g/mol. The lowest BCUT2D eigenvalue weighted by Gasteiger charge is -2.21. The van der Waals surface area contributed by atoms with Gasteiger partial charge in [0, 0.05) is 12.8 Å². The lowest BCUT2D eigenvalue weighted by Crippen LogP contribution is -2.05. The van der Waals surface area contributed by atoms with Gasteiger partial charge in [0.2, 0.25) is 0 Å². The van der Waals surface area contributed by atoms with Crippen molar-refractivity contribution in [3.63, 3.8) is 0 Å². The maximum Gasteiger partial charge on any atom is 0.104 e. The van der Waals surface area contributed by atoms with Crippen LogP contribution in [0.2, 0.25) is 0 Å². The molecule has 0 aromatic rings. The van der Waals surface area contributed by atoms with Gasteiger partial charge in [0.25, 0.3) is 0 Å². The summed E-state index contributed by atoms with van der Waals surface area (Å²) in [5.41, 5.74) is 0. The Bertz CT molecular complexity index is 297. The molecule has 0 heterocycles. The molecular formula is C18H32O. The number of rotatable bonds is 2. The van der Waals surface area contributed by atoms with Gasteiger partial charge in [-0.2, -0.15) is 0 Å². The summed E-state index contributed by atoms with van der Waals surface area (Å²) in [5.74, 6) is 3.10. The Morgan fingerprint density at radius 2 is 1.84 bits per heavy atom. The molecule has 110 valence electrons. The Balaban J connectivity index is 0.000000573. The van der Waals surface area contributed by atoms with Gasteiger partial charge in [-0.15, -0.1) is 0 Å². The number of ether oxygens (including phenoxy) is 1. The summed E-state index contributed by atoms with van der Waals surface area (Å²) in [6.07, 6.45) is 15.6. The molecule has 0 amide bonds. The van der Waals surface area contributed by atoms with Crippen LogP contribution < -0.4 is 0 Å². The maximum atomic E-state index is 5.87. The summed E-state index contributed by atoms with van der Waals surface area (Å²) >= 11 is 0. The van der Waals surface area contributed by atoms with Crippen LogP contribution in [0.15, 0.2) is 35.8 Å². The third kappa shape index (κ3) is 8.69. The molecular weight excluding hydrogens is 232 g/mol. The standard InChI is InChI=1S/C13H18O.C3H8.C2H6/c1-11-6-5-9-13(10-11)14-12-7-3-2-4-8-12;1-3-2;1-2/h2-3,7,9,11H,4-6,8,10H2,1H3;3H2,1-2H3;1-2H3. The highest BCUT2D eigenvalue weighted by Crippen LogP contribution is 2.27. The molecule has 0 aromatic carbocycles. The van der Waals surface area contributed by atoms with Crippen LogP contribution in [0.5, 0.6) is 0 Å². The predicted molar refractivity (Wildman–Crippen MR) is 86.0 cm³/mol. The minimum atomic E-state index is 0.787. The van der Waals surface area contributed by atoms with E-state index in [0.29, 0.717) is 0 Å². The lowest BCUT2D eigenvalue weighted by molar-refractivity contribution is 0.249. The first-order valence-electron chi connectivity index (χ1n) is 7.98. The molecule has 2 rings (SSSR count). The van der Waals surface area contributed by atoms with Crippen molar-refractivity contribution in [1.82, 2.24) is 0 Å². The second-order valence-electron chi connectivity index (χ2n) is 4.97. The number of hydrogen-bond acceptors (Lipinski definition) is 1. The van der Waals surface area contributed by atoms with Crippen LogP contribution in [0, 0.1) is 5.92 Å². The Labute approximate surface area is 120 Å². The van der Waals surface area contributed by atoms with Crippen LogP contribution >= 0.6 is 0 Å². The maximum absolute atomic E-state index is 5.87. The normalized spacial score (nSPS) is 21.0. The Morgan fingerprint density at radius 1 is 1.16 bits per heavy atom. The van der Waals surface area contributed by atoms with Gasteiger partial charge in [-0.05, 0) is 37.3 Å². The van der Waals surface area contributed by atoms with Crippen LogP contribution in [0.25, 0.3) is 0 Å². The van der Waals surface area contributed by atoms with E-state index >= 15 is 0 Å². The van der Waals surface area contributed by atoms with E-state index in [0.717, 1.165) is 30.9 Å². The molecule has 0 saturated carbocycles. The minimum absolute atomic E-state index is 0.787. The molecule has 1 heteroatoms. The highest BCUT2D eigenvalue weighted by atomic mass is 16.5. The summed E-state index contributed by atoms with van der Waals surface area (Å²) in [7, 11) is 0.